The molecule has 0 bridgehead atoms. The van der Waals surface area contributed by atoms with E-state index < -0.39 is 5.60 Å². The fourth-order valence-electron chi connectivity index (χ4n) is 2.24. The lowest BCUT2D eigenvalue weighted by Crippen LogP contribution is -2.31. The maximum atomic E-state index is 11.2. The minimum Gasteiger partial charge on any atom is -0.487 e. The molecule has 0 atom stereocenters. The lowest BCUT2D eigenvalue weighted by molar-refractivity contribution is -0.120. The molecule has 1 rings (SSSR count). The first-order valence-electron chi connectivity index (χ1n) is 5.97. The molecule has 0 spiro atoms. The van der Waals surface area contributed by atoms with Crippen molar-refractivity contribution in [3.63, 3.8) is 0 Å². The number of ether oxygens (including phenoxy) is 1. The summed E-state index contributed by atoms with van der Waals surface area (Å²) >= 11 is 0. The minimum atomic E-state index is -0.448. The first-order chi connectivity index (χ1) is 7.71. The molecule has 0 unspecified atom stereocenters. The first-order valence-corrected chi connectivity index (χ1v) is 5.97. The van der Waals surface area contributed by atoms with Gasteiger partial charge in [0.25, 0.3) is 0 Å². The van der Waals surface area contributed by atoms with E-state index >= 15 is 0 Å². The third-order valence-electron chi connectivity index (χ3n) is 2.66. The number of ketones is 1. The van der Waals surface area contributed by atoms with Crippen molar-refractivity contribution in [2.75, 3.05) is 0 Å². The van der Waals surface area contributed by atoms with Gasteiger partial charge in [-0.2, -0.15) is 0 Å². The molecule has 0 heterocycles. The third-order valence-corrected chi connectivity index (χ3v) is 2.66. The second kappa shape index (κ2) is 4.91. The quantitative estimate of drug-likeness (QED) is 0.793. The lowest BCUT2D eigenvalue weighted by atomic mass is 10.0. The molecule has 1 aromatic carbocycles. The Morgan fingerprint density at radius 1 is 1.18 bits per heavy atom. The van der Waals surface area contributed by atoms with E-state index in [1.165, 1.54) is 5.56 Å². The van der Waals surface area contributed by atoms with E-state index in [1.54, 1.807) is 6.92 Å². The van der Waals surface area contributed by atoms with E-state index in [0.717, 1.165) is 16.9 Å². The van der Waals surface area contributed by atoms with Crippen LogP contribution in [0, 0.1) is 20.8 Å². The number of aryl methyl sites for hydroxylation is 3. The van der Waals surface area contributed by atoms with Crippen molar-refractivity contribution in [1.82, 2.24) is 0 Å². The number of carbonyl (C=O) groups excluding carboxylic acids is 1. The summed E-state index contributed by atoms with van der Waals surface area (Å²) in [5.41, 5.74) is 3.03. The van der Waals surface area contributed by atoms with Crippen molar-refractivity contribution in [2.45, 2.75) is 53.6 Å². The van der Waals surface area contributed by atoms with Crippen molar-refractivity contribution in [3.8, 4) is 5.75 Å². The van der Waals surface area contributed by atoms with Gasteiger partial charge in [-0.3, -0.25) is 4.79 Å². The third kappa shape index (κ3) is 3.88. The standard InChI is InChI=1S/C15H22O2/c1-10-7-11(2)14(12(3)8-10)17-15(5,6)9-13(4)16/h7-8H,9H2,1-6H3. The van der Waals surface area contributed by atoms with Gasteiger partial charge in [0.1, 0.15) is 17.1 Å². The average Bonchev–Trinajstić information content (AvgIpc) is 2.09. The van der Waals surface area contributed by atoms with Crippen LogP contribution in [0.15, 0.2) is 12.1 Å². The number of rotatable bonds is 4. The fourth-order valence-corrected chi connectivity index (χ4v) is 2.24. The van der Waals surface area contributed by atoms with Crippen molar-refractivity contribution >= 4 is 5.78 Å². The molecule has 0 aliphatic heterocycles. The van der Waals surface area contributed by atoms with Gasteiger partial charge in [0.2, 0.25) is 0 Å². The van der Waals surface area contributed by atoms with Crippen LogP contribution >= 0.6 is 0 Å². The second-order valence-corrected chi connectivity index (χ2v) is 5.47. The smallest absolute Gasteiger partial charge is 0.133 e. The molecule has 0 aliphatic carbocycles. The highest BCUT2D eigenvalue weighted by Gasteiger charge is 2.23. The Labute approximate surface area is 104 Å². The predicted molar refractivity (Wildman–Crippen MR) is 70.7 cm³/mol. The monoisotopic (exact) mass is 234 g/mol. The largest absolute Gasteiger partial charge is 0.487 e. The van der Waals surface area contributed by atoms with E-state index in [1.807, 2.05) is 27.7 Å². The molecule has 0 saturated heterocycles. The molecule has 0 aliphatic rings. The van der Waals surface area contributed by atoms with Gasteiger partial charge in [-0.05, 0) is 52.7 Å². The van der Waals surface area contributed by atoms with E-state index in [0.29, 0.717) is 6.42 Å². The fraction of sp³-hybridized carbons (Fsp3) is 0.533. The molecule has 0 amide bonds. The van der Waals surface area contributed by atoms with Gasteiger partial charge >= 0.3 is 0 Å². The number of Topliss-reactive ketones (excluding diaryl/α,β-unsaturated/α-hetero) is 1. The predicted octanol–water partition coefficient (Wildman–Crippen LogP) is 3.75. The van der Waals surface area contributed by atoms with Crippen LogP contribution in [0.3, 0.4) is 0 Å². The van der Waals surface area contributed by atoms with Gasteiger partial charge in [-0.15, -0.1) is 0 Å². The molecule has 2 nitrogen and oxygen atoms in total. The summed E-state index contributed by atoms with van der Waals surface area (Å²) in [6, 6.07) is 4.21. The van der Waals surface area contributed by atoms with E-state index in [2.05, 4.69) is 19.1 Å². The average molecular weight is 234 g/mol. The summed E-state index contributed by atoms with van der Waals surface area (Å²) in [6.07, 6.45) is 0.430. The van der Waals surface area contributed by atoms with Crippen molar-refractivity contribution in [1.29, 1.82) is 0 Å². The van der Waals surface area contributed by atoms with E-state index in [-0.39, 0.29) is 5.78 Å². The topological polar surface area (TPSA) is 26.3 Å². The zero-order valence-corrected chi connectivity index (χ0v) is 11.7. The summed E-state index contributed by atoms with van der Waals surface area (Å²) in [5.74, 6) is 1.05. The maximum absolute atomic E-state index is 11.2. The van der Waals surface area contributed by atoms with Crippen LogP contribution in [0.1, 0.15) is 43.9 Å². The minimum absolute atomic E-state index is 0.150. The Morgan fingerprint density at radius 3 is 2.06 bits per heavy atom. The Hall–Kier alpha value is -1.31. The normalized spacial score (nSPS) is 11.4. The van der Waals surface area contributed by atoms with Crippen LogP contribution in [-0.2, 0) is 4.79 Å². The van der Waals surface area contributed by atoms with Crippen molar-refractivity contribution < 1.29 is 9.53 Å². The number of hydrogen-bond acceptors (Lipinski definition) is 2. The zero-order valence-electron chi connectivity index (χ0n) is 11.7. The lowest BCUT2D eigenvalue weighted by Gasteiger charge is -2.27. The Morgan fingerprint density at radius 2 is 1.65 bits per heavy atom. The summed E-state index contributed by atoms with van der Waals surface area (Å²) in [7, 11) is 0. The van der Waals surface area contributed by atoms with Crippen LogP contribution < -0.4 is 4.74 Å². The van der Waals surface area contributed by atoms with Crippen molar-refractivity contribution in [3.05, 3.63) is 28.8 Å². The van der Waals surface area contributed by atoms with Crippen molar-refractivity contribution in [2.24, 2.45) is 0 Å². The maximum Gasteiger partial charge on any atom is 0.133 e. The number of hydrogen-bond donors (Lipinski definition) is 0. The molecule has 94 valence electrons. The highest BCUT2D eigenvalue weighted by Crippen LogP contribution is 2.29. The molecule has 1 aromatic rings. The van der Waals surface area contributed by atoms with Crippen LogP contribution in [0.4, 0.5) is 0 Å². The zero-order chi connectivity index (χ0) is 13.2. The van der Waals surface area contributed by atoms with E-state index in [4.69, 9.17) is 4.74 Å². The van der Waals surface area contributed by atoms with Crippen LogP contribution in [0.5, 0.6) is 5.75 Å². The van der Waals surface area contributed by atoms with Crippen LogP contribution in [0.25, 0.3) is 0 Å². The second-order valence-electron chi connectivity index (χ2n) is 5.47. The summed E-state index contributed by atoms with van der Waals surface area (Å²) < 4.78 is 6.01. The van der Waals surface area contributed by atoms with Gasteiger partial charge < -0.3 is 4.74 Å². The SMILES string of the molecule is CC(=O)CC(C)(C)Oc1c(C)cc(C)cc1C. The molecule has 2 heteroatoms. The highest BCUT2D eigenvalue weighted by molar-refractivity contribution is 5.76. The van der Waals surface area contributed by atoms with Crippen LogP contribution in [0.2, 0.25) is 0 Å². The van der Waals surface area contributed by atoms with Gasteiger partial charge in [0, 0.05) is 6.42 Å². The molecule has 0 radical (unpaired) electrons. The molecular weight excluding hydrogens is 212 g/mol. The van der Waals surface area contributed by atoms with Gasteiger partial charge in [0.15, 0.2) is 0 Å². The molecular formula is C15H22O2. The van der Waals surface area contributed by atoms with E-state index in [9.17, 15) is 4.79 Å². The van der Waals surface area contributed by atoms with Gasteiger partial charge in [-0.25, -0.2) is 0 Å². The van der Waals surface area contributed by atoms with Gasteiger partial charge in [-0.1, -0.05) is 17.7 Å². The summed E-state index contributed by atoms with van der Waals surface area (Å²) in [5, 5.41) is 0. The van der Waals surface area contributed by atoms with Gasteiger partial charge in [0.05, 0.1) is 0 Å². The molecule has 0 saturated carbocycles. The Bertz CT molecular complexity index is 408. The first kappa shape index (κ1) is 13.8. The number of carbonyl (C=O) groups is 1. The highest BCUT2D eigenvalue weighted by atomic mass is 16.5. The molecule has 17 heavy (non-hydrogen) atoms. The Balaban J connectivity index is 2.99. The summed E-state index contributed by atoms with van der Waals surface area (Å²) in [4.78, 5) is 11.2. The molecule has 0 N–H and O–H groups in total. The molecule has 0 fully saturated rings. The van der Waals surface area contributed by atoms with Crippen LogP contribution in [-0.4, -0.2) is 11.4 Å². The Kier molecular flexibility index (Phi) is 3.97. The summed E-state index contributed by atoms with van der Waals surface area (Å²) in [6.45, 7) is 11.7. The molecule has 0 aromatic heterocycles. The number of benzene rings is 1.